The number of aliphatic hydroxyl groups is 1. The highest BCUT2D eigenvalue weighted by Gasteiger charge is 2.05. The van der Waals surface area contributed by atoms with E-state index in [0.717, 1.165) is 5.65 Å². The third kappa shape index (κ3) is 1.97. The van der Waals surface area contributed by atoms with Gasteiger partial charge in [-0.05, 0) is 12.1 Å². The van der Waals surface area contributed by atoms with Gasteiger partial charge in [-0.15, -0.1) is 0 Å². The van der Waals surface area contributed by atoms with Crippen molar-refractivity contribution in [3.63, 3.8) is 0 Å². The Kier molecular flexibility index (Phi) is 2.64. The highest BCUT2D eigenvalue weighted by atomic mass is 16.3. The molecule has 2 rings (SSSR count). The van der Waals surface area contributed by atoms with Crippen LogP contribution in [-0.2, 0) is 0 Å². The molecule has 0 aliphatic rings. The van der Waals surface area contributed by atoms with Gasteiger partial charge >= 0.3 is 0 Å². The van der Waals surface area contributed by atoms with Crippen LogP contribution in [0.4, 0.5) is 0 Å². The van der Waals surface area contributed by atoms with Gasteiger partial charge in [0.1, 0.15) is 5.65 Å². The number of aliphatic hydroxyl groups excluding tert-OH is 1. The maximum Gasteiger partial charge on any atom is 0.252 e. The lowest BCUT2D eigenvalue weighted by molar-refractivity contribution is 0.0944. The van der Waals surface area contributed by atoms with Gasteiger partial charge in [0.15, 0.2) is 0 Å². The first-order valence-electron chi connectivity index (χ1n) is 4.63. The van der Waals surface area contributed by atoms with Gasteiger partial charge in [0.05, 0.1) is 12.2 Å². The summed E-state index contributed by atoms with van der Waals surface area (Å²) in [5, 5.41) is 11.2. The number of aromatic nitrogens is 2. The number of carbonyl (C=O) groups excluding carboxylic acids is 1. The van der Waals surface area contributed by atoms with Crippen LogP contribution in [-0.4, -0.2) is 33.6 Å². The quantitative estimate of drug-likeness (QED) is 0.744. The number of hydrogen-bond donors (Lipinski definition) is 2. The van der Waals surface area contributed by atoms with Gasteiger partial charge in [-0.1, -0.05) is 0 Å². The molecule has 0 aliphatic heterocycles. The Balaban J connectivity index is 2.23. The van der Waals surface area contributed by atoms with E-state index in [1.165, 1.54) is 0 Å². The van der Waals surface area contributed by atoms with Crippen LogP contribution in [0, 0.1) is 0 Å². The second-order valence-electron chi connectivity index (χ2n) is 3.09. The lowest BCUT2D eigenvalue weighted by Crippen LogP contribution is -2.26. The Labute approximate surface area is 86.4 Å². The number of imidazole rings is 1. The number of hydrogen-bond acceptors (Lipinski definition) is 3. The van der Waals surface area contributed by atoms with E-state index in [1.54, 1.807) is 35.1 Å². The average Bonchev–Trinajstić information content (AvgIpc) is 2.72. The summed E-state index contributed by atoms with van der Waals surface area (Å²) in [6.07, 6.45) is 5.15. The number of nitrogens with one attached hydrogen (secondary N) is 1. The van der Waals surface area contributed by atoms with Crippen molar-refractivity contribution in [3.05, 3.63) is 36.3 Å². The molecule has 5 nitrogen and oxygen atoms in total. The van der Waals surface area contributed by atoms with Crippen LogP contribution in [0.25, 0.3) is 5.65 Å². The Morgan fingerprint density at radius 1 is 1.53 bits per heavy atom. The molecular weight excluding hydrogens is 194 g/mol. The van der Waals surface area contributed by atoms with Crippen LogP contribution < -0.4 is 5.32 Å². The molecule has 78 valence electrons. The van der Waals surface area contributed by atoms with Gasteiger partial charge in [-0.3, -0.25) is 4.79 Å². The third-order valence-electron chi connectivity index (χ3n) is 2.05. The van der Waals surface area contributed by atoms with Crippen LogP contribution in [0.3, 0.4) is 0 Å². The molecule has 2 aromatic rings. The zero-order chi connectivity index (χ0) is 10.7. The maximum absolute atomic E-state index is 11.5. The SMILES string of the molecule is O=C(NCCO)c1ccc2nccn2c1. The summed E-state index contributed by atoms with van der Waals surface area (Å²) in [6, 6.07) is 3.48. The van der Waals surface area contributed by atoms with Crippen LogP contribution in [0.1, 0.15) is 10.4 Å². The highest BCUT2D eigenvalue weighted by molar-refractivity contribution is 5.94. The minimum absolute atomic E-state index is 0.0565. The molecule has 0 atom stereocenters. The van der Waals surface area contributed by atoms with Gasteiger partial charge in [-0.2, -0.15) is 0 Å². The second kappa shape index (κ2) is 4.10. The molecule has 0 bridgehead atoms. The Morgan fingerprint density at radius 2 is 2.40 bits per heavy atom. The van der Waals surface area contributed by atoms with Crippen molar-refractivity contribution in [2.24, 2.45) is 0 Å². The van der Waals surface area contributed by atoms with E-state index >= 15 is 0 Å². The minimum Gasteiger partial charge on any atom is -0.395 e. The van der Waals surface area contributed by atoms with Crippen molar-refractivity contribution in [3.8, 4) is 0 Å². The summed E-state index contributed by atoms with van der Waals surface area (Å²) < 4.78 is 1.77. The Hall–Kier alpha value is -1.88. The van der Waals surface area contributed by atoms with Crippen LogP contribution in [0.15, 0.2) is 30.7 Å². The molecule has 5 heteroatoms. The van der Waals surface area contributed by atoms with Gasteiger partial charge in [0.25, 0.3) is 5.91 Å². The average molecular weight is 205 g/mol. The molecule has 0 spiro atoms. The summed E-state index contributed by atoms with van der Waals surface area (Å²) in [5.74, 6) is -0.195. The molecule has 2 N–H and O–H groups in total. The van der Waals surface area contributed by atoms with Crippen molar-refractivity contribution in [2.75, 3.05) is 13.2 Å². The fourth-order valence-corrected chi connectivity index (χ4v) is 1.33. The summed E-state index contributed by atoms with van der Waals surface area (Å²) in [7, 11) is 0. The molecule has 0 saturated carbocycles. The van der Waals surface area contributed by atoms with Crippen molar-refractivity contribution in [2.45, 2.75) is 0 Å². The van der Waals surface area contributed by atoms with E-state index < -0.39 is 0 Å². The van der Waals surface area contributed by atoms with Crippen molar-refractivity contribution < 1.29 is 9.90 Å². The van der Waals surface area contributed by atoms with Gasteiger partial charge in [0, 0.05) is 25.1 Å². The van der Waals surface area contributed by atoms with Gasteiger partial charge in [-0.25, -0.2) is 4.98 Å². The molecule has 2 aromatic heterocycles. The van der Waals surface area contributed by atoms with Crippen molar-refractivity contribution >= 4 is 11.6 Å². The van der Waals surface area contributed by atoms with Crippen molar-refractivity contribution in [1.82, 2.24) is 14.7 Å². The zero-order valence-corrected chi connectivity index (χ0v) is 8.05. The third-order valence-corrected chi connectivity index (χ3v) is 2.05. The largest absolute Gasteiger partial charge is 0.395 e. The lowest BCUT2D eigenvalue weighted by atomic mass is 10.2. The molecule has 0 aromatic carbocycles. The number of fused-ring (bicyclic) bond motifs is 1. The smallest absolute Gasteiger partial charge is 0.252 e. The normalized spacial score (nSPS) is 10.5. The van der Waals surface area contributed by atoms with E-state index in [0.29, 0.717) is 5.56 Å². The van der Waals surface area contributed by atoms with Gasteiger partial charge < -0.3 is 14.8 Å². The monoisotopic (exact) mass is 205 g/mol. The first-order valence-corrected chi connectivity index (χ1v) is 4.63. The van der Waals surface area contributed by atoms with Crippen LogP contribution in [0.5, 0.6) is 0 Å². The van der Waals surface area contributed by atoms with E-state index in [-0.39, 0.29) is 19.1 Å². The number of pyridine rings is 1. The van der Waals surface area contributed by atoms with Gasteiger partial charge in [0.2, 0.25) is 0 Å². The van der Waals surface area contributed by atoms with E-state index in [1.807, 2.05) is 0 Å². The molecule has 0 saturated heterocycles. The minimum atomic E-state index is -0.195. The molecule has 1 amide bonds. The maximum atomic E-state index is 11.5. The highest BCUT2D eigenvalue weighted by Crippen LogP contribution is 2.04. The molecule has 0 aliphatic carbocycles. The Bertz CT molecular complexity index is 478. The fraction of sp³-hybridized carbons (Fsp3) is 0.200. The first-order chi connectivity index (χ1) is 7.31. The molecule has 0 radical (unpaired) electrons. The summed E-state index contributed by atoms with van der Waals surface area (Å²) in [5.41, 5.74) is 1.35. The Morgan fingerprint density at radius 3 is 3.20 bits per heavy atom. The van der Waals surface area contributed by atoms with Crippen molar-refractivity contribution in [1.29, 1.82) is 0 Å². The topological polar surface area (TPSA) is 66.6 Å². The number of amides is 1. The predicted molar refractivity (Wildman–Crippen MR) is 54.6 cm³/mol. The molecule has 0 unspecified atom stereocenters. The number of nitrogens with zero attached hydrogens (tertiary/aromatic N) is 2. The molecular formula is C10H11N3O2. The second-order valence-corrected chi connectivity index (χ2v) is 3.09. The van der Waals surface area contributed by atoms with E-state index in [2.05, 4.69) is 10.3 Å². The fourth-order valence-electron chi connectivity index (χ4n) is 1.33. The summed E-state index contributed by atoms with van der Waals surface area (Å²) >= 11 is 0. The summed E-state index contributed by atoms with van der Waals surface area (Å²) in [6.45, 7) is 0.208. The number of rotatable bonds is 3. The van der Waals surface area contributed by atoms with E-state index in [9.17, 15) is 4.79 Å². The standard InChI is InChI=1S/C10H11N3O2/c14-6-4-12-10(15)8-1-2-9-11-3-5-13(9)7-8/h1-3,5,7,14H,4,6H2,(H,12,15). The zero-order valence-electron chi connectivity index (χ0n) is 8.05. The molecule has 15 heavy (non-hydrogen) atoms. The number of carbonyl (C=O) groups is 1. The summed E-state index contributed by atoms with van der Waals surface area (Å²) in [4.78, 5) is 15.6. The molecule has 2 heterocycles. The predicted octanol–water partition coefficient (Wildman–Crippen LogP) is 0.0564. The first kappa shape index (κ1) is 9.67. The van der Waals surface area contributed by atoms with Crippen LogP contribution >= 0.6 is 0 Å². The van der Waals surface area contributed by atoms with E-state index in [4.69, 9.17) is 5.11 Å². The van der Waals surface area contributed by atoms with Crippen LogP contribution in [0.2, 0.25) is 0 Å². The molecule has 0 fully saturated rings. The lowest BCUT2D eigenvalue weighted by Gasteiger charge is -2.03.